The normalized spacial score (nSPS) is 20.6. The van der Waals surface area contributed by atoms with Crippen LogP contribution in [-0.4, -0.2) is 44.6 Å². The number of aromatic nitrogens is 4. The Labute approximate surface area is 174 Å². The fourth-order valence-corrected chi connectivity index (χ4v) is 4.81. The van der Waals surface area contributed by atoms with Gasteiger partial charge in [0.25, 0.3) is 5.56 Å². The van der Waals surface area contributed by atoms with Crippen LogP contribution < -0.4 is 16.0 Å². The van der Waals surface area contributed by atoms with Crippen molar-refractivity contribution in [1.29, 1.82) is 0 Å². The van der Waals surface area contributed by atoms with Gasteiger partial charge in [-0.3, -0.25) is 14.7 Å². The molecular weight excluding hydrogens is 380 g/mol. The second-order valence-electron chi connectivity index (χ2n) is 8.09. The van der Waals surface area contributed by atoms with Gasteiger partial charge >= 0.3 is 0 Å². The molecule has 1 fully saturated rings. The number of hydrogen-bond donors (Lipinski definition) is 1. The van der Waals surface area contributed by atoms with E-state index in [0.29, 0.717) is 23.3 Å². The van der Waals surface area contributed by atoms with Crippen LogP contribution in [0.25, 0.3) is 11.3 Å². The zero-order valence-corrected chi connectivity index (χ0v) is 16.9. The number of fused-ring (bicyclic) bond motifs is 4. The van der Waals surface area contributed by atoms with Gasteiger partial charge in [-0.2, -0.15) is 0 Å². The third-order valence-corrected chi connectivity index (χ3v) is 6.06. The lowest BCUT2D eigenvalue weighted by Gasteiger charge is -2.43. The summed E-state index contributed by atoms with van der Waals surface area (Å²) < 4.78 is 7.41. The number of piperidine rings is 1. The van der Waals surface area contributed by atoms with Gasteiger partial charge in [-0.15, -0.1) is 0 Å². The maximum absolute atomic E-state index is 12.9. The highest BCUT2D eigenvalue weighted by Crippen LogP contribution is 2.37. The molecule has 2 N–H and O–H groups in total. The third-order valence-electron chi connectivity index (χ3n) is 6.06. The van der Waals surface area contributed by atoms with Gasteiger partial charge in [-0.05, 0) is 30.5 Å². The molecule has 154 valence electrons. The molecule has 0 aliphatic carbocycles. The molecule has 0 saturated carbocycles. The van der Waals surface area contributed by atoms with Crippen molar-refractivity contribution in [1.82, 2.24) is 24.4 Å². The van der Waals surface area contributed by atoms with Crippen molar-refractivity contribution in [2.24, 2.45) is 5.92 Å². The Morgan fingerprint density at radius 2 is 2.07 bits per heavy atom. The van der Waals surface area contributed by atoms with Crippen LogP contribution in [0.2, 0.25) is 0 Å². The Morgan fingerprint density at radius 1 is 1.17 bits per heavy atom. The fourth-order valence-electron chi connectivity index (χ4n) is 4.81. The average molecular weight is 404 g/mol. The number of anilines is 1. The van der Waals surface area contributed by atoms with Crippen LogP contribution in [0.5, 0.6) is 5.75 Å². The van der Waals surface area contributed by atoms with Gasteiger partial charge in [0.15, 0.2) is 0 Å². The van der Waals surface area contributed by atoms with E-state index < -0.39 is 0 Å². The first-order valence-corrected chi connectivity index (χ1v) is 10.1. The Balaban J connectivity index is 1.45. The molecule has 8 nitrogen and oxygen atoms in total. The van der Waals surface area contributed by atoms with Crippen LogP contribution in [0, 0.1) is 5.92 Å². The minimum absolute atomic E-state index is 0.0224. The van der Waals surface area contributed by atoms with Crippen molar-refractivity contribution < 1.29 is 4.74 Å². The zero-order chi connectivity index (χ0) is 20.7. The van der Waals surface area contributed by atoms with Crippen molar-refractivity contribution in [3.63, 3.8) is 0 Å². The summed E-state index contributed by atoms with van der Waals surface area (Å²) in [6, 6.07) is 9.29. The lowest BCUT2D eigenvalue weighted by molar-refractivity contribution is 0.112. The van der Waals surface area contributed by atoms with Gasteiger partial charge in [0, 0.05) is 61.7 Å². The van der Waals surface area contributed by atoms with E-state index in [2.05, 4.69) is 25.9 Å². The molecule has 5 heterocycles. The number of rotatable bonds is 4. The molecule has 30 heavy (non-hydrogen) atoms. The molecular formula is C22H24N6O2. The highest BCUT2D eigenvalue weighted by atomic mass is 16.5. The highest BCUT2D eigenvalue weighted by Gasteiger charge is 2.35. The van der Waals surface area contributed by atoms with Crippen LogP contribution in [-0.2, 0) is 13.1 Å². The molecule has 0 radical (unpaired) electrons. The largest absolute Gasteiger partial charge is 0.495 e. The number of hydrogen-bond acceptors (Lipinski definition) is 7. The summed E-state index contributed by atoms with van der Waals surface area (Å²) in [5, 5.41) is 0. The molecule has 2 aliphatic rings. The monoisotopic (exact) mass is 404 g/mol. The summed E-state index contributed by atoms with van der Waals surface area (Å²) in [4.78, 5) is 28.1. The molecule has 8 heteroatoms. The van der Waals surface area contributed by atoms with Crippen LogP contribution in [0.1, 0.15) is 23.7 Å². The standard InChI is InChI=1S/C22H24N6O2/c1-30-20-3-2-4-24-18(20)12-27-9-14-5-16(11-27)19-6-15(7-22(29)28(19)10-14)17-8-21(23)26-13-25-17/h2-4,6-8,13-14,16H,5,9-12H2,1H3,(H2,23,25,26)/t14-,16+/m0/s1. The first-order valence-electron chi connectivity index (χ1n) is 10.1. The fraction of sp³-hybridized carbons (Fsp3) is 0.364. The predicted molar refractivity (Wildman–Crippen MR) is 113 cm³/mol. The minimum Gasteiger partial charge on any atom is -0.495 e. The number of ether oxygens (including phenoxy) is 1. The van der Waals surface area contributed by atoms with Gasteiger partial charge in [-0.25, -0.2) is 9.97 Å². The molecule has 0 unspecified atom stereocenters. The lowest BCUT2D eigenvalue weighted by atomic mass is 9.82. The molecule has 2 atom stereocenters. The van der Waals surface area contributed by atoms with Gasteiger partial charge in [0.1, 0.15) is 17.9 Å². The summed E-state index contributed by atoms with van der Waals surface area (Å²) in [6.07, 6.45) is 4.32. The second-order valence-corrected chi connectivity index (χ2v) is 8.09. The molecule has 0 spiro atoms. The van der Waals surface area contributed by atoms with Crippen molar-refractivity contribution in [2.75, 3.05) is 25.9 Å². The number of likely N-dealkylation sites (tertiary alicyclic amines) is 1. The van der Waals surface area contributed by atoms with Gasteiger partial charge in [0.05, 0.1) is 18.5 Å². The molecule has 3 aromatic rings. The maximum Gasteiger partial charge on any atom is 0.251 e. The molecule has 3 aromatic heterocycles. The van der Waals surface area contributed by atoms with Crippen LogP contribution >= 0.6 is 0 Å². The SMILES string of the molecule is COc1cccnc1CN1C[C@@H]2C[C@H](C1)c1cc(-c3cc(N)ncn3)cc(=O)n1C2. The summed E-state index contributed by atoms with van der Waals surface area (Å²) >= 11 is 0. The lowest BCUT2D eigenvalue weighted by Crippen LogP contribution is -2.46. The van der Waals surface area contributed by atoms with Crippen LogP contribution in [0.3, 0.4) is 0 Å². The molecule has 0 amide bonds. The number of nitrogen functional groups attached to an aromatic ring is 1. The Bertz CT molecular complexity index is 1140. The smallest absolute Gasteiger partial charge is 0.251 e. The molecule has 1 saturated heterocycles. The summed E-state index contributed by atoms with van der Waals surface area (Å²) in [5.41, 5.74) is 9.32. The quantitative estimate of drug-likeness (QED) is 0.709. The molecule has 0 aromatic carbocycles. The van der Waals surface area contributed by atoms with Crippen molar-refractivity contribution in [3.05, 3.63) is 64.6 Å². The van der Waals surface area contributed by atoms with Crippen molar-refractivity contribution in [3.8, 4) is 17.0 Å². The van der Waals surface area contributed by atoms with E-state index in [-0.39, 0.29) is 5.56 Å². The Hall–Kier alpha value is -3.26. The van der Waals surface area contributed by atoms with E-state index in [4.69, 9.17) is 10.5 Å². The van der Waals surface area contributed by atoms with Crippen molar-refractivity contribution in [2.45, 2.75) is 25.4 Å². The summed E-state index contributed by atoms with van der Waals surface area (Å²) in [6.45, 7) is 3.31. The number of methoxy groups -OCH3 is 1. The van der Waals surface area contributed by atoms with Crippen molar-refractivity contribution >= 4 is 5.82 Å². The predicted octanol–water partition coefficient (Wildman–Crippen LogP) is 1.91. The second kappa shape index (κ2) is 7.53. The van der Waals surface area contributed by atoms with E-state index >= 15 is 0 Å². The molecule has 2 aliphatic heterocycles. The van der Waals surface area contributed by atoms with Gasteiger partial charge < -0.3 is 15.0 Å². The molecule has 5 rings (SSSR count). The number of pyridine rings is 2. The molecule has 2 bridgehead atoms. The topological polar surface area (TPSA) is 99.2 Å². The maximum atomic E-state index is 12.9. The highest BCUT2D eigenvalue weighted by molar-refractivity contribution is 5.61. The van der Waals surface area contributed by atoms with E-state index in [1.807, 2.05) is 16.7 Å². The minimum atomic E-state index is 0.0224. The Morgan fingerprint density at radius 3 is 2.90 bits per heavy atom. The summed E-state index contributed by atoms with van der Waals surface area (Å²) in [5.74, 6) is 1.95. The van der Waals surface area contributed by atoms with E-state index in [1.54, 1.807) is 25.4 Å². The van der Waals surface area contributed by atoms with Gasteiger partial charge in [0.2, 0.25) is 0 Å². The van der Waals surface area contributed by atoms with Crippen LogP contribution in [0.15, 0.2) is 47.7 Å². The number of nitrogens with zero attached hydrogens (tertiary/aromatic N) is 5. The number of nitrogens with two attached hydrogens (primary N) is 1. The van der Waals surface area contributed by atoms with E-state index in [1.165, 1.54) is 6.33 Å². The summed E-state index contributed by atoms with van der Waals surface area (Å²) in [7, 11) is 1.68. The Kier molecular flexibility index (Phi) is 4.71. The van der Waals surface area contributed by atoms with E-state index in [9.17, 15) is 4.79 Å². The third kappa shape index (κ3) is 3.43. The van der Waals surface area contributed by atoms with E-state index in [0.717, 1.165) is 55.3 Å². The van der Waals surface area contributed by atoms with Gasteiger partial charge in [-0.1, -0.05) is 0 Å². The average Bonchev–Trinajstić information content (AvgIpc) is 2.75. The first kappa shape index (κ1) is 18.7. The van der Waals surface area contributed by atoms with Crippen LogP contribution in [0.4, 0.5) is 5.82 Å². The first-order chi connectivity index (χ1) is 14.6. The zero-order valence-electron chi connectivity index (χ0n) is 16.9.